The van der Waals surface area contributed by atoms with Crippen molar-refractivity contribution in [1.82, 2.24) is 5.32 Å². The first kappa shape index (κ1) is 12.5. The second kappa shape index (κ2) is 5.13. The van der Waals surface area contributed by atoms with Gasteiger partial charge in [0.05, 0.1) is 0 Å². The van der Waals surface area contributed by atoms with Gasteiger partial charge in [-0.1, -0.05) is 13.3 Å². The molecule has 0 aromatic heterocycles. The highest BCUT2D eigenvalue weighted by Gasteiger charge is 2.35. The maximum absolute atomic E-state index is 11.9. The molecule has 1 amide bonds. The Balaban J connectivity index is 1.91. The van der Waals surface area contributed by atoms with Crippen LogP contribution in [-0.2, 0) is 0 Å². The van der Waals surface area contributed by atoms with Crippen LogP contribution < -0.4 is 5.32 Å². The molecule has 0 unspecified atom stereocenters. The van der Waals surface area contributed by atoms with Gasteiger partial charge in [0.25, 0.3) is 5.91 Å². The van der Waals surface area contributed by atoms with Crippen LogP contribution in [0.25, 0.3) is 0 Å². The summed E-state index contributed by atoms with van der Waals surface area (Å²) in [6.45, 7) is 3.02. The van der Waals surface area contributed by atoms with Gasteiger partial charge < -0.3 is 5.32 Å². The van der Waals surface area contributed by atoms with Crippen LogP contribution in [0.15, 0.2) is 29.2 Å². The molecule has 2 nitrogen and oxygen atoms in total. The van der Waals surface area contributed by atoms with E-state index in [0.717, 1.165) is 17.9 Å². The molecule has 1 saturated carbocycles. The van der Waals surface area contributed by atoms with Crippen molar-refractivity contribution < 1.29 is 4.79 Å². The zero-order chi connectivity index (χ0) is 12.3. The molecule has 1 aliphatic rings. The molecule has 1 aromatic carbocycles. The number of rotatable bonds is 4. The van der Waals surface area contributed by atoms with Crippen molar-refractivity contribution in [2.24, 2.45) is 5.41 Å². The van der Waals surface area contributed by atoms with Crippen molar-refractivity contribution >= 4 is 18.5 Å². The normalized spacial score (nSPS) is 17.3. The Morgan fingerprint density at radius 1 is 1.35 bits per heavy atom. The van der Waals surface area contributed by atoms with E-state index in [2.05, 4.69) is 24.9 Å². The molecule has 2 rings (SSSR count). The summed E-state index contributed by atoms with van der Waals surface area (Å²) in [4.78, 5) is 12.8. The fraction of sp³-hybridized carbons (Fsp3) is 0.500. The fourth-order valence-electron chi connectivity index (χ4n) is 2.31. The molecule has 0 atom stereocenters. The van der Waals surface area contributed by atoms with Crippen LogP contribution in [-0.4, -0.2) is 12.5 Å². The molecular weight excluding hydrogens is 230 g/mol. The van der Waals surface area contributed by atoms with Crippen LogP contribution in [0.1, 0.15) is 43.0 Å². The lowest BCUT2D eigenvalue weighted by Crippen LogP contribution is -2.41. The first-order valence-electron chi connectivity index (χ1n) is 6.22. The number of carbonyl (C=O) groups is 1. The number of amides is 1. The van der Waals surface area contributed by atoms with Crippen LogP contribution in [0.2, 0.25) is 0 Å². The fourth-order valence-corrected chi connectivity index (χ4v) is 2.46. The minimum absolute atomic E-state index is 0.0260. The van der Waals surface area contributed by atoms with Crippen molar-refractivity contribution in [1.29, 1.82) is 0 Å². The van der Waals surface area contributed by atoms with Crippen LogP contribution in [0, 0.1) is 5.41 Å². The van der Waals surface area contributed by atoms with E-state index in [1.807, 2.05) is 24.3 Å². The van der Waals surface area contributed by atoms with E-state index in [4.69, 9.17) is 0 Å². The number of nitrogens with one attached hydrogen (secondary N) is 1. The van der Waals surface area contributed by atoms with Gasteiger partial charge in [0.15, 0.2) is 0 Å². The first-order valence-corrected chi connectivity index (χ1v) is 6.67. The minimum Gasteiger partial charge on any atom is -0.351 e. The van der Waals surface area contributed by atoms with E-state index >= 15 is 0 Å². The molecule has 3 heteroatoms. The molecule has 1 aromatic rings. The Kier molecular flexibility index (Phi) is 3.77. The van der Waals surface area contributed by atoms with Crippen molar-refractivity contribution in [3.05, 3.63) is 29.8 Å². The first-order chi connectivity index (χ1) is 8.15. The lowest BCUT2D eigenvalue weighted by atomic mass is 9.67. The molecule has 0 bridgehead atoms. The zero-order valence-electron chi connectivity index (χ0n) is 10.2. The lowest BCUT2D eigenvalue weighted by Gasteiger charge is -2.41. The molecule has 0 saturated heterocycles. The summed E-state index contributed by atoms with van der Waals surface area (Å²) in [6, 6.07) is 7.32. The van der Waals surface area contributed by atoms with Gasteiger partial charge in [-0.15, -0.1) is 12.6 Å². The van der Waals surface area contributed by atoms with Gasteiger partial charge >= 0.3 is 0 Å². The average molecular weight is 249 g/mol. The van der Waals surface area contributed by atoms with E-state index in [1.54, 1.807) is 0 Å². The maximum atomic E-state index is 11.9. The second-order valence-corrected chi connectivity index (χ2v) is 5.45. The standard InChI is InChI=1S/C14H19NOS/c1-2-14(8-3-9-14)10-15-13(16)11-4-6-12(17)7-5-11/h4-7,17H,2-3,8-10H2,1H3,(H,15,16). The number of thiol groups is 1. The lowest BCUT2D eigenvalue weighted by molar-refractivity contribution is 0.0850. The number of hydrogen-bond donors (Lipinski definition) is 2. The van der Waals surface area contributed by atoms with Gasteiger partial charge in [-0.3, -0.25) is 4.79 Å². The van der Waals surface area contributed by atoms with Gasteiger partial charge in [-0.05, 0) is 48.9 Å². The highest BCUT2D eigenvalue weighted by Crippen LogP contribution is 2.43. The third-order valence-corrected chi connectivity index (χ3v) is 4.22. The van der Waals surface area contributed by atoms with E-state index in [0.29, 0.717) is 11.0 Å². The van der Waals surface area contributed by atoms with E-state index in [9.17, 15) is 4.79 Å². The van der Waals surface area contributed by atoms with Crippen LogP contribution in [0.3, 0.4) is 0 Å². The Labute approximate surface area is 108 Å². The van der Waals surface area contributed by atoms with Gasteiger partial charge in [0.1, 0.15) is 0 Å². The molecule has 1 aliphatic carbocycles. The van der Waals surface area contributed by atoms with Crippen LogP contribution in [0.5, 0.6) is 0 Å². The van der Waals surface area contributed by atoms with Crippen molar-refractivity contribution in [2.45, 2.75) is 37.5 Å². The largest absolute Gasteiger partial charge is 0.351 e. The minimum atomic E-state index is 0.0260. The van der Waals surface area contributed by atoms with Gasteiger partial charge in [-0.25, -0.2) is 0 Å². The summed E-state index contributed by atoms with van der Waals surface area (Å²) in [7, 11) is 0. The zero-order valence-corrected chi connectivity index (χ0v) is 11.1. The summed E-state index contributed by atoms with van der Waals surface area (Å²) in [5.74, 6) is 0.0260. The summed E-state index contributed by atoms with van der Waals surface area (Å²) in [6.07, 6.45) is 4.96. The monoisotopic (exact) mass is 249 g/mol. The maximum Gasteiger partial charge on any atom is 0.251 e. The highest BCUT2D eigenvalue weighted by molar-refractivity contribution is 7.80. The second-order valence-electron chi connectivity index (χ2n) is 4.94. The van der Waals surface area contributed by atoms with E-state index in [-0.39, 0.29) is 5.91 Å². The van der Waals surface area contributed by atoms with Crippen molar-refractivity contribution in [3.63, 3.8) is 0 Å². The van der Waals surface area contributed by atoms with Gasteiger partial charge in [0, 0.05) is 17.0 Å². The third kappa shape index (κ3) is 2.83. The van der Waals surface area contributed by atoms with Crippen molar-refractivity contribution in [2.75, 3.05) is 6.54 Å². The molecule has 1 N–H and O–H groups in total. The Hall–Kier alpha value is -0.960. The SMILES string of the molecule is CCC1(CNC(=O)c2ccc(S)cc2)CCC1. The summed E-state index contributed by atoms with van der Waals surface area (Å²) < 4.78 is 0. The molecule has 92 valence electrons. The number of benzene rings is 1. The molecule has 0 spiro atoms. The summed E-state index contributed by atoms with van der Waals surface area (Å²) >= 11 is 4.21. The molecular formula is C14H19NOS. The predicted molar refractivity (Wildman–Crippen MR) is 72.6 cm³/mol. The topological polar surface area (TPSA) is 29.1 Å². The van der Waals surface area contributed by atoms with Crippen LogP contribution in [0.4, 0.5) is 0 Å². The quantitative estimate of drug-likeness (QED) is 0.788. The van der Waals surface area contributed by atoms with Crippen LogP contribution >= 0.6 is 12.6 Å². The van der Waals surface area contributed by atoms with Gasteiger partial charge in [0.2, 0.25) is 0 Å². The molecule has 17 heavy (non-hydrogen) atoms. The molecule has 0 aliphatic heterocycles. The third-order valence-electron chi connectivity index (χ3n) is 3.92. The smallest absolute Gasteiger partial charge is 0.251 e. The average Bonchev–Trinajstić information content (AvgIpc) is 2.29. The predicted octanol–water partition coefficient (Wildman–Crippen LogP) is 3.29. The Bertz CT molecular complexity index is 390. The molecule has 0 radical (unpaired) electrons. The van der Waals surface area contributed by atoms with Gasteiger partial charge in [-0.2, -0.15) is 0 Å². The number of carbonyl (C=O) groups excluding carboxylic acids is 1. The summed E-state index contributed by atoms with van der Waals surface area (Å²) in [5, 5.41) is 3.05. The highest BCUT2D eigenvalue weighted by atomic mass is 32.1. The molecule has 1 fully saturated rings. The summed E-state index contributed by atoms with van der Waals surface area (Å²) in [5.41, 5.74) is 1.09. The Morgan fingerprint density at radius 3 is 2.47 bits per heavy atom. The Morgan fingerprint density at radius 2 is 2.00 bits per heavy atom. The number of hydrogen-bond acceptors (Lipinski definition) is 2. The van der Waals surface area contributed by atoms with E-state index < -0.39 is 0 Å². The molecule has 0 heterocycles. The van der Waals surface area contributed by atoms with Crippen molar-refractivity contribution in [3.8, 4) is 0 Å². The van der Waals surface area contributed by atoms with E-state index in [1.165, 1.54) is 19.3 Å².